The van der Waals surface area contributed by atoms with Gasteiger partial charge in [-0.15, -0.1) is 0 Å². The second-order valence-electron chi connectivity index (χ2n) is 4.37. The Hall–Kier alpha value is -3.02. The Morgan fingerprint density at radius 3 is 1.71 bits per heavy atom. The minimum atomic E-state index is -1.20. The van der Waals surface area contributed by atoms with Gasteiger partial charge in [0, 0.05) is 11.4 Å². The first-order valence-corrected chi connectivity index (χ1v) is 5.99. The highest BCUT2D eigenvalue weighted by Gasteiger charge is 2.09. The van der Waals surface area contributed by atoms with Gasteiger partial charge >= 0.3 is 11.9 Å². The van der Waals surface area contributed by atoms with E-state index < -0.39 is 11.9 Å². The summed E-state index contributed by atoms with van der Waals surface area (Å²) in [6.07, 6.45) is 0. The molecule has 6 N–H and O–H groups in total. The lowest BCUT2D eigenvalue weighted by Crippen LogP contribution is -2.03. The van der Waals surface area contributed by atoms with E-state index in [0.29, 0.717) is 0 Å². The third kappa shape index (κ3) is 5.23. The predicted octanol–water partition coefficient (Wildman–Crippen LogP) is 2.24. The smallest absolute Gasteiger partial charge is 0.335 e. The molecule has 0 aliphatic carbocycles. The van der Waals surface area contributed by atoms with Crippen LogP contribution in [0.15, 0.2) is 42.5 Å². The average molecular weight is 288 g/mol. The number of aromatic carboxylic acids is 2. The zero-order chi connectivity index (χ0) is 16.0. The molecule has 0 saturated heterocycles. The van der Waals surface area contributed by atoms with E-state index in [0.717, 1.165) is 11.8 Å². The fourth-order valence-electron chi connectivity index (χ4n) is 1.57. The molecule has 6 heteroatoms. The van der Waals surface area contributed by atoms with Gasteiger partial charge in [-0.2, -0.15) is 0 Å². The highest BCUT2D eigenvalue weighted by atomic mass is 16.4. The molecule has 0 aromatic heterocycles. The van der Waals surface area contributed by atoms with Crippen molar-refractivity contribution in [2.75, 3.05) is 11.5 Å². The van der Waals surface area contributed by atoms with E-state index in [9.17, 15) is 9.59 Å². The minimum absolute atomic E-state index is 0.123. The molecule has 21 heavy (non-hydrogen) atoms. The van der Waals surface area contributed by atoms with Crippen LogP contribution >= 0.6 is 0 Å². The predicted molar refractivity (Wildman–Crippen MR) is 80.4 cm³/mol. The Bertz CT molecular complexity index is 619. The van der Waals surface area contributed by atoms with E-state index in [4.69, 9.17) is 21.7 Å². The molecule has 0 aliphatic heterocycles. The zero-order valence-corrected chi connectivity index (χ0v) is 11.4. The molecule has 0 bridgehead atoms. The van der Waals surface area contributed by atoms with Gasteiger partial charge in [-0.05, 0) is 42.8 Å². The quantitative estimate of drug-likeness (QED) is 0.628. The fourth-order valence-corrected chi connectivity index (χ4v) is 1.57. The molecule has 2 aromatic carbocycles. The molecule has 0 amide bonds. The van der Waals surface area contributed by atoms with Crippen LogP contribution < -0.4 is 11.5 Å². The highest BCUT2D eigenvalue weighted by Crippen LogP contribution is 2.12. The van der Waals surface area contributed by atoms with Crippen molar-refractivity contribution in [1.82, 2.24) is 0 Å². The van der Waals surface area contributed by atoms with Gasteiger partial charge in [-0.3, -0.25) is 0 Å². The molecule has 2 rings (SSSR count). The Labute approximate surface area is 121 Å². The topological polar surface area (TPSA) is 127 Å². The van der Waals surface area contributed by atoms with Gasteiger partial charge in [-0.25, -0.2) is 9.59 Å². The summed E-state index contributed by atoms with van der Waals surface area (Å²) in [6.45, 7) is 2.02. The molecule has 2 aromatic rings. The SMILES string of the molecule is Cc1cccc(N)c1.Nc1cc(C(=O)O)cc(C(=O)O)c1. The molecule has 0 spiro atoms. The summed E-state index contributed by atoms with van der Waals surface area (Å²) in [6, 6.07) is 11.3. The summed E-state index contributed by atoms with van der Waals surface area (Å²) in [5, 5.41) is 17.1. The second kappa shape index (κ2) is 6.95. The Morgan fingerprint density at radius 2 is 1.38 bits per heavy atom. The molecule has 0 heterocycles. The van der Waals surface area contributed by atoms with Gasteiger partial charge in [0.2, 0.25) is 0 Å². The highest BCUT2D eigenvalue weighted by molar-refractivity contribution is 5.95. The van der Waals surface area contributed by atoms with Crippen LogP contribution in [-0.2, 0) is 0 Å². The fraction of sp³-hybridized carbons (Fsp3) is 0.0667. The normalized spacial score (nSPS) is 9.38. The summed E-state index contributed by atoms with van der Waals surface area (Å²) < 4.78 is 0. The van der Waals surface area contributed by atoms with Crippen LogP contribution in [0.5, 0.6) is 0 Å². The molecular formula is C15H16N2O4. The lowest BCUT2D eigenvalue weighted by molar-refractivity contribution is 0.0696. The molecule has 0 atom stereocenters. The Morgan fingerprint density at radius 1 is 0.857 bits per heavy atom. The summed E-state index contributed by atoms with van der Waals surface area (Å²) in [4.78, 5) is 21.0. The van der Waals surface area contributed by atoms with Crippen LogP contribution in [0.3, 0.4) is 0 Å². The van der Waals surface area contributed by atoms with Crippen LogP contribution in [0.2, 0.25) is 0 Å². The number of rotatable bonds is 2. The van der Waals surface area contributed by atoms with E-state index in [1.54, 1.807) is 0 Å². The zero-order valence-electron chi connectivity index (χ0n) is 11.4. The van der Waals surface area contributed by atoms with Crippen molar-refractivity contribution in [2.45, 2.75) is 6.92 Å². The van der Waals surface area contributed by atoms with Crippen molar-refractivity contribution in [3.63, 3.8) is 0 Å². The van der Waals surface area contributed by atoms with Crippen molar-refractivity contribution in [1.29, 1.82) is 0 Å². The van der Waals surface area contributed by atoms with Crippen molar-refractivity contribution in [3.8, 4) is 0 Å². The molecule has 6 nitrogen and oxygen atoms in total. The number of nitrogens with two attached hydrogens (primary N) is 2. The molecular weight excluding hydrogens is 272 g/mol. The second-order valence-corrected chi connectivity index (χ2v) is 4.37. The number of carboxylic acids is 2. The van der Waals surface area contributed by atoms with Crippen LogP contribution in [0, 0.1) is 6.92 Å². The lowest BCUT2D eigenvalue weighted by Gasteiger charge is -1.99. The Kier molecular flexibility index (Phi) is 5.31. The van der Waals surface area contributed by atoms with Gasteiger partial charge < -0.3 is 21.7 Å². The monoisotopic (exact) mass is 288 g/mol. The maximum Gasteiger partial charge on any atom is 0.335 e. The van der Waals surface area contributed by atoms with Gasteiger partial charge in [0.25, 0.3) is 0 Å². The van der Waals surface area contributed by atoms with Crippen molar-refractivity contribution in [2.24, 2.45) is 0 Å². The van der Waals surface area contributed by atoms with E-state index in [2.05, 4.69) is 0 Å². The van der Waals surface area contributed by atoms with E-state index in [1.165, 1.54) is 17.7 Å². The molecule has 0 saturated carbocycles. The largest absolute Gasteiger partial charge is 0.478 e. The summed E-state index contributed by atoms with van der Waals surface area (Å²) >= 11 is 0. The third-order valence-corrected chi connectivity index (χ3v) is 2.49. The van der Waals surface area contributed by atoms with Crippen molar-refractivity contribution < 1.29 is 19.8 Å². The number of hydrogen-bond acceptors (Lipinski definition) is 4. The summed E-state index contributed by atoms with van der Waals surface area (Å²) in [7, 11) is 0. The minimum Gasteiger partial charge on any atom is -0.478 e. The van der Waals surface area contributed by atoms with Crippen molar-refractivity contribution >= 4 is 23.3 Å². The third-order valence-electron chi connectivity index (χ3n) is 2.49. The number of benzene rings is 2. The van der Waals surface area contributed by atoms with E-state index in [1.807, 2.05) is 31.2 Å². The standard InChI is InChI=1S/C8H7NO4.C7H9N/c9-6-2-4(7(10)11)1-5(3-6)8(12)13;1-6-3-2-4-7(8)5-6/h1-3H,9H2,(H,10,11)(H,12,13);2-5H,8H2,1H3. The molecule has 0 fully saturated rings. The maximum absolute atomic E-state index is 10.5. The lowest BCUT2D eigenvalue weighted by atomic mass is 10.1. The van der Waals surface area contributed by atoms with Crippen molar-refractivity contribution in [3.05, 3.63) is 59.2 Å². The number of aryl methyl sites for hydroxylation is 1. The molecule has 0 aliphatic rings. The number of anilines is 2. The number of nitrogen functional groups attached to an aromatic ring is 2. The number of carbonyl (C=O) groups is 2. The van der Waals surface area contributed by atoms with Crippen LogP contribution in [0.4, 0.5) is 11.4 Å². The summed E-state index contributed by atoms with van der Waals surface area (Å²) in [5.41, 5.74) is 12.7. The Balaban J connectivity index is 0.000000235. The van der Waals surface area contributed by atoms with Gasteiger partial charge in [0.15, 0.2) is 0 Å². The molecule has 0 unspecified atom stereocenters. The average Bonchev–Trinajstić information content (AvgIpc) is 2.38. The van der Waals surface area contributed by atoms with Crippen LogP contribution in [-0.4, -0.2) is 22.2 Å². The molecule has 0 radical (unpaired) electrons. The van der Waals surface area contributed by atoms with Gasteiger partial charge in [0.05, 0.1) is 11.1 Å². The first-order chi connectivity index (χ1) is 9.79. The van der Waals surface area contributed by atoms with E-state index >= 15 is 0 Å². The first kappa shape index (κ1) is 16.0. The van der Waals surface area contributed by atoms with Gasteiger partial charge in [0.1, 0.15) is 0 Å². The first-order valence-electron chi connectivity index (χ1n) is 5.99. The molecule has 110 valence electrons. The van der Waals surface area contributed by atoms with Gasteiger partial charge in [-0.1, -0.05) is 12.1 Å². The summed E-state index contributed by atoms with van der Waals surface area (Å²) in [5.74, 6) is -2.40. The van der Waals surface area contributed by atoms with Crippen LogP contribution in [0.25, 0.3) is 0 Å². The van der Waals surface area contributed by atoms with E-state index in [-0.39, 0.29) is 16.8 Å². The van der Waals surface area contributed by atoms with Crippen LogP contribution in [0.1, 0.15) is 26.3 Å². The maximum atomic E-state index is 10.5. The number of hydrogen-bond donors (Lipinski definition) is 4. The number of carboxylic acid groups (broad SMARTS) is 2.